The van der Waals surface area contributed by atoms with E-state index in [1.54, 1.807) is 0 Å². The van der Waals surface area contributed by atoms with Crippen molar-refractivity contribution >= 4 is 0 Å². The van der Waals surface area contributed by atoms with Gasteiger partial charge < -0.3 is 9.84 Å². The van der Waals surface area contributed by atoms with E-state index in [1.807, 2.05) is 31.2 Å². The summed E-state index contributed by atoms with van der Waals surface area (Å²) < 4.78 is 5.68. The summed E-state index contributed by atoms with van der Waals surface area (Å²) in [7, 11) is 0. The Labute approximate surface area is 127 Å². The predicted octanol–water partition coefficient (Wildman–Crippen LogP) is 3.98. The van der Waals surface area contributed by atoms with Gasteiger partial charge in [-0.1, -0.05) is 30.3 Å². The van der Waals surface area contributed by atoms with Gasteiger partial charge in [0.1, 0.15) is 5.75 Å². The Hall–Kier alpha value is -1.80. The summed E-state index contributed by atoms with van der Waals surface area (Å²) in [6.45, 7) is 6.79. The molecule has 0 aromatic heterocycles. The van der Waals surface area contributed by atoms with Crippen molar-refractivity contribution in [2.75, 3.05) is 6.61 Å². The van der Waals surface area contributed by atoms with E-state index in [1.165, 1.54) is 22.3 Å². The number of aryl methyl sites for hydroxylation is 3. The fourth-order valence-corrected chi connectivity index (χ4v) is 2.32. The predicted molar refractivity (Wildman–Crippen MR) is 86.9 cm³/mol. The van der Waals surface area contributed by atoms with Crippen LogP contribution in [0.25, 0.3) is 0 Å². The smallest absolute Gasteiger partial charge is 0.119 e. The Morgan fingerprint density at radius 1 is 1.00 bits per heavy atom. The van der Waals surface area contributed by atoms with Crippen LogP contribution in [-0.2, 0) is 6.42 Å². The largest absolute Gasteiger partial charge is 0.493 e. The maximum absolute atomic E-state index is 10.1. The van der Waals surface area contributed by atoms with Crippen molar-refractivity contribution in [2.24, 2.45) is 0 Å². The first-order valence-corrected chi connectivity index (χ1v) is 7.48. The van der Waals surface area contributed by atoms with Gasteiger partial charge >= 0.3 is 0 Å². The number of ether oxygens (including phenoxy) is 1. The summed E-state index contributed by atoms with van der Waals surface area (Å²) in [6, 6.07) is 14.3. The molecule has 1 unspecified atom stereocenters. The van der Waals surface area contributed by atoms with Crippen LogP contribution in [0.5, 0.6) is 5.75 Å². The van der Waals surface area contributed by atoms with Crippen LogP contribution < -0.4 is 4.74 Å². The highest BCUT2D eigenvalue weighted by molar-refractivity contribution is 5.30. The van der Waals surface area contributed by atoms with E-state index < -0.39 is 0 Å². The Kier molecular flexibility index (Phi) is 5.40. The van der Waals surface area contributed by atoms with Gasteiger partial charge in [-0.05, 0) is 61.6 Å². The van der Waals surface area contributed by atoms with Gasteiger partial charge in [0.25, 0.3) is 0 Å². The molecule has 0 aliphatic rings. The molecule has 0 saturated heterocycles. The highest BCUT2D eigenvalue weighted by Gasteiger charge is 2.07. The van der Waals surface area contributed by atoms with Crippen LogP contribution in [0.15, 0.2) is 42.5 Å². The van der Waals surface area contributed by atoms with E-state index in [9.17, 15) is 5.11 Å². The second kappa shape index (κ2) is 7.28. The second-order valence-corrected chi connectivity index (χ2v) is 5.73. The summed E-state index contributed by atoms with van der Waals surface area (Å²) in [5, 5.41) is 10.1. The second-order valence-electron chi connectivity index (χ2n) is 5.73. The number of aliphatic hydroxyl groups is 1. The van der Waals surface area contributed by atoms with Crippen LogP contribution >= 0.6 is 0 Å². The molecule has 2 aromatic rings. The molecule has 112 valence electrons. The first-order chi connectivity index (χ1) is 10.0. The van der Waals surface area contributed by atoms with Crippen molar-refractivity contribution in [1.29, 1.82) is 0 Å². The molecule has 2 aromatic carbocycles. The number of aliphatic hydroxyl groups excluding tert-OH is 1. The average molecular weight is 284 g/mol. The number of benzene rings is 2. The van der Waals surface area contributed by atoms with Crippen molar-refractivity contribution in [3.63, 3.8) is 0 Å². The average Bonchev–Trinajstić information content (AvgIpc) is 2.43. The van der Waals surface area contributed by atoms with Gasteiger partial charge in [0.2, 0.25) is 0 Å². The number of hydrogen-bond acceptors (Lipinski definition) is 2. The van der Waals surface area contributed by atoms with Crippen molar-refractivity contribution in [1.82, 2.24) is 0 Å². The zero-order valence-electron chi connectivity index (χ0n) is 13.1. The van der Waals surface area contributed by atoms with Gasteiger partial charge in [-0.25, -0.2) is 0 Å². The summed E-state index contributed by atoms with van der Waals surface area (Å²) in [4.78, 5) is 0. The van der Waals surface area contributed by atoms with Crippen molar-refractivity contribution < 1.29 is 9.84 Å². The number of rotatable bonds is 6. The van der Waals surface area contributed by atoms with Crippen LogP contribution in [0, 0.1) is 20.8 Å². The zero-order chi connectivity index (χ0) is 15.2. The Morgan fingerprint density at radius 2 is 1.81 bits per heavy atom. The van der Waals surface area contributed by atoms with Crippen molar-refractivity contribution in [3.05, 3.63) is 64.7 Å². The Bertz CT molecular complexity index is 590. The summed E-state index contributed by atoms with van der Waals surface area (Å²) in [5.74, 6) is 0.869. The normalized spacial score (nSPS) is 12.2. The van der Waals surface area contributed by atoms with Gasteiger partial charge in [-0.3, -0.25) is 0 Å². The Balaban J connectivity index is 1.79. The first-order valence-electron chi connectivity index (χ1n) is 7.48. The minimum atomic E-state index is -0.364. The monoisotopic (exact) mass is 284 g/mol. The third kappa shape index (κ3) is 4.91. The van der Waals surface area contributed by atoms with Gasteiger partial charge in [-0.15, -0.1) is 0 Å². The Morgan fingerprint density at radius 3 is 2.52 bits per heavy atom. The van der Waals surface area contributed by atoms with Crippen LogP contribution in [0.4, 0.5) is 0 Å². The van der Waals surface area contributed by atoms with E-state index in [0.29, 0.717) is 19.4 Å². The van der Waals surface area contributed by atoms with Gasteiger partial charge in [-0.2, -0.15) is 0 Å². The summed E-state index contributed by atoms with van der Waals surface area (Å²) >= 11 is 0. The van der Waals surface area contributed by atoms with Gasteiger partial charge in [0, 0.05) is 6.42 Å². The van der Waals surface area contributed by atoms with E-state index in [0.717, 1.165) is 5.75 Å². The molecule has 0 aliphatic carbocycles. The van der Waals surface area contributed by atoms with Crippen LogP contribution in [0.2, 0.25) is 0 Å². The molecule has 21 heavy (non-hydrogen) atoms. The SMILES string of the molecule is Cc1cccc(OCCC(O)Cc2ccc(C)c(C)c2)c1. The van der Waals surface area contributed by atoms with E-state index in [4.69, 9.17) is 4.74 Å². The molecule has 2 nitrogen and oxygen atoms in total. The summed E-state index contributed by atoms with van der Waals surface area (Å²) in [6.07, 6.45) is 0.955. The molecule has 0 fully saturated rings. The third-order valence-corrected chi connectivity index (χ3v) is 3.75. The maximum Gasteiger partial charge on any atom is 0.119 e. The minimum Gasteiger partial charge on any atom is -0.493 e. The fraction of sp³-hybridized carbons (Fsp3) is 0.368. The lowest BCUT2D eigenvalue weighted by Gasteiger charge is -2.13. The van der Waals surface area contributed by atoms with Crippen molar-refractivity contribution in [2.45, 2.75) is 39.7 Å². The highest BCUT2D eigenvalue weighted by Crippen LogP contribution is 2.15. The first kappa shape index (κ1) is 15.6. The molecular formula is C19H24O2. The summed E-state index contributed by atoms with van der Waals surface area (Å²) in [5.41, 5.74) is 4.93. The molecule has 0 heterocycles. The molecule has 2 rings (SSSR count). The maximum atomic E-state index is 10.1. The minimum absolute atomic E-state index is 0.364. The molecule has 0 aliphatic heterocycles. The molecule has 2 heteroatoms. The zero-order valence-corrected chi connectivity index (χ0v) is 13.1. The van der Waals surface area contributed by atoms with E-state index in [2.05, 4.69) is 32.0 Å². The van der Waals surface area contributed by atoms with E-state index >= 15 is 0 Å². The lowest BCUT2D eigenvalue weighted by molar-refractivity contribution is 0.139. The standard InChI is InChI=1S/C19H24O2/c1-14-5-4-6-19(11-14)21-10-9-18(20)13-17-8-7-15(2)16(3)12-17/h4-8,11-12,18,20H,9-10,13H2,1-3H3. The molecule has 0 amide bonds. The molecule has 1 N–H and O–H groups in total. The fourth-order valence-electron chi connectivity index (χ4n) is 2.32. The third-order valence-electron chi connectivity index (χ3n) is 3.75. The highest BCUT2D eigenvalue weighted by atomic mass is 16.5. The van der Waals surface area contributed by atoms with Crippen LogP contribution in [-0.4, -0.2) is 17.8 Å². The van der Waals surface area contributed by atoms with Crippen molar-refractivity contribution in [3.8, 4) is 5.75 Å². The molecule has 0 radical (unpaired) electrons. The van der Waals surface area contributed by atoms with Gasteiger partial charge in [0.15, 0.2) is 0 Å². The number of hydrogen-bond donors (Lipinski definition) is 1. The van der Waals surface area contributed by atoms with Crippen LogP contribution in [0.1, 0.15) is 28.7 Å². The molecule has 0 saturated carbocycles. The lowest BCUT2D eigenvalue weighted by atomic mass is 10.0. The molecule has 1 atom stereocenters. The molecule has 0 spiro atoms. The lowest BCUT2D eigenvalue weighted by Crippen LogP contribution is -2.15. The quantitative estimate of drug-likeness (QED) is 0.869. The van der Waals surface area contributed by atoms with E-state index in [-0.39, 0.29) is 6.10 Å². The molecule has 0 bridgehead atoms. The topological polar surface area (TPSA) is 29.5 Å². The van der Waals surface area contributed by atoms with Crippen LogP contribution in [0.3, 0.4) is 0 Å². The van der Waals surface area contributed by atoms with Gasteiger partial charge in [0.05, 0.1) is 12.7 Å². The molecular weight excluding hydrogens is 260 g/mol.